The molecule has 5 rings (SSSR count). The maximum absolute atomic E-state index is 2.31. The molecule has 0 radical (unpaired) electrons. The molecule has 0 saturated carbocycles. The monoisotopic (exact) mass is 268 g/mol. The van der Waals surface area contributed by atoms with E-state index in [2.05, 4.69) is 72.8 Å². The van der Waals surface area contributed by atoms with Crippen LogP contribution in [0, 0.1) is 0 Å². The largest absolute Gasteiger partial charge is 0.0776 e. The van der Waals surface area contributed by atoms with Crippen molar-refractivity contribution in [3.05, 3.63) is 72.8 Å². The van der Waals surface area contributed by atoms with Gasteiger partial charge in [0, 0.05) is 0 Å². The molecule has 0 nitrogen and oxygen atoms in total. The molecule has 0 saturated heterocycles. The molecular formula is C21H16. The minimum Gasteiger partial charge on any atom is -0.0776 e. The van der Waals surface area contributed by atoms with Gasteiger partial charge in [-0.1, -0.05) is 74.2 Å². The lowest BCUT2D eigenvalue weighted by atomic mass is 9.91. The van der Waals surface area contributed by atoms with Crippen LogP contribution >= 0.6 is 0 Å². The molecule has 0 atom stereocenters. The van der Waals surface area contributed by atoms with E-state index in [4.69, 9.17) is 0 Å². The van der Waals surface area contributed by atoms with Crippen LogP contribution in [0.4, 0.5) is 0 Å². The number of benzene rings is 5. The van der Waals surface area contributed by atoms with E-state index in [1.54, 1.807) is 0 Å². The van der Waals surface area contributed by atoms with Crippen LogP contribution in [0.1, 0.15) is 7.43 Å². The topological polar surface area (TPSA) is 0 Å². The zero-order valence-corrected chi connectivity index (χ0v) is 10.9. The second-order valence-electron chi connectivity index (χ2n) is 5.45. The quantitative estimate of drug-likeness (QED) is 0.226. The summed E-state index contributed by atoms with van der Waals surface area (Å²) in [5, 5.41) is 10.8. The van der Waals surface area contributed by atoms with Gasteiger partial charge in [-0.2, -0.15) is 0 Å². The second-order valence-corrected chi connectivity index (χ2v) is 5.45. The average Bonchev–Trinajstić information content (AvgIpc) is 2.52. The van der Waals surface area contributed by atoms with Gasteiger partial charge in [0.15, 0.2) is 0 Å². The summed E-state index contributed by atoms with van der Waals surface area (Å²) in [6.07, 6.45) is 0. The highest BCUT2D eigenvalue weighted by atomic mass is 14.1. The van der Waals surface area contributed by atoms with Gasteiger partial charge >= 0.3 is 0 Å². The van der Waals surface area contributed by atoms with Crippen LogP contribution in [0.5, 0.6) is 0 Å². The Bertz CT molecular complexity index is 1070. The van der Waals surface area contributed by atoms with Crippen molar-refractivity contribution in [1.29, 1.82) is 0 Å². The highest BCUT2D eigenvalue weighted by Gasteiger charge is 2.09. The van der Waals surface area contributed by atoms with Crippen LogP contribution in [0.15, 0.2) is 72.8 Å². The summed E-state index contributed by atoms with van der Waals surface area (Å²) in [5.41, 5.74) is 0. The van der Waals surface area contributed by atoms with Gasteiger partial charge in [0.25, 0.3) is 0 Å². The normalized spacial score (nSPS) is 11.4. The molecule has 0 amide bonds. The Morgan fingerprint density at radius 3 is 1.95 bits per heavy atom. The van der Waals surface area contributed by atoms with Crippen LogP contribution in [-0.4, -0.2) is 0 Å². The Labute approximate surface area is 124 Å². The summed E-state index contributed by atoms with van der Waals surface area (Å²) >= 11 is 0. The Morgan fingerprint density at radius 2 is 1.10 bits per heavy atom. The first kappa shape index (κ1) is 12.2. The molecule has 100 valence electrons. The first-order valence-corrected chi connectivity index (χ1v) is 6.97. The maximum Gasteiger partial charge on any atom is -0.00204 e. The molecule has 0 N–H and O–H groups in total. The van der Waals surface area contributed by atoms with Crippen molar-refractivity contribution in [3.63, 3.8) is 0 Å². The molecule has 0 aliphatic carbocycles. The van der Waals surface area contributed by atoms with Gasteiger partial charge in [0.2, 0.25) is 0 Å². The third-order valence-electron chi connectivity index (χ3n) is 4.37. The van der Waals surface area contributed by atoms with Gasteiger partial charge in [-0.15, -0.1) is 0 Å². The number of rotatable bonds is 0. The van der Waals surface area contributed by atoms with E-state index < -0.39 is 0 Å². The van der Waals surface area contributed by atoms with Crippen molar-refractivity contribution in [2.24, 2.45) is 0 Å². The fraction of sp³-hybridized carbons (Fsp3) is 0.0476. The highest BCUT2D eigenvalue weighted by Crippen LogP contribution is 2.38. The standard InChI is InChI=1S/C20H12.CH4/c1-2-7-17-15(4-1)12-16-9-8-13-5-3-6-14-10-11-18(17)20(16)19(13)14;/h1-12H;1H4. The van der Waals surface area contributed by atoms with E-state index in [-0.39, 0.29) is 7.43 Å². The molecular weight excluding hydrogens is 252 g/mol. The van der Waals surface area contributed by atoms with Crippen LogP contribution < -0.4 is 0 Å². The third kappa shape index (κ3) is 1.50. The molecule has 0 unspecified atom stereocenters. The second kappa shape index (κ2) is 4.20. The lowest BCUT2D eigenvalue weighted by molar-refractivity contribution is 1.78. The average molecular weight is 268 g/mol. The fourth-order valence-electron chi connectivity index (χ4n) is 3.49. The van der Waals surface area contributed by atoms with Gasteiger partial charge in [0.05, 0.1) is 0 Å². The summed E-state index contributed by atoms with van der Waals surface area (Å²) in [4.78, 5) is 0. The molecule has 5 aromatic rings. The van der Waals surface area contributed by atoms with Crippen molar-refractivity contribution >= 4 is 43.1 Å². The number of hydrogen-bond donors (Lipinski definition) is 0. The smallest absolute Gasteiger partial charge is 0.00204 e. The number of hydrogen-bond acceptors (Lipinski definition) is 0. The molecule has 0 heteroatoms. The highest BCUT2D eigenvalue weighted by molar-refractivity contribution is 6.28. The summed E-state index contributed by atoms with van der Waals surface area (Å²) < 4.78 is 0. The zero-order valence-electron chi connectivity index (χ0n) is 10.9. The summed E-state index contributed by atoms with van der Waals surface area (Å²) in [6.45, 7) is 0. The van der Waals surface area contributed by atoms with Crippen molar-refractivity contribution in [2.45, 2.75) is 7.43 Å². The molecule has 0 fully saturated rings. The third-order valence-corrected chi connectivity index (χ3v) is 4.37. The maximum atomic E-state index is 2.31. The molecule has 0 spiro atoms. The van der Waals surface area contributed by atoms with Gasteiger partial charge < -0.3 is 0 Å². The van der Waals surface area contributed by atoms with Gasteiger partial charge in [0.1, 0.15) is 0 Å². The van der Waals surface area contributed by atoms with Crippen LogP contribution in [-0.2, 0) is 0 Å². The van der Waals surface area contributed by atoms with Crippen molar-refractivity contribution < 1.29 is 0 Å². The Kier molecular flexibility index (Phi) is 2.43. The summed E-state index contributed by atoms with van der Waals surface area (Å²) in [6, 6.07) is 26.5. The first-order chi connectivity index (χ1) is 9.92. The zero-order chi connectivity index (χ0) is 13.1. The lowest BCUT2D eigenvalue weighted by Gasteiger charge is -2.12. The minimum absolute atomic E-state index is 0. The Hall–Kier alpha value is -2.60. The van der Waals surface area contributed by atoms with Gasteiger partial charge in [-0.25, -0.2) is 0 Å². The Balaban J connectivity index is 0.00000115. The molecule has 0 heterocycles. The SMILES string of the molecule is C.c1ccc2c(c1)cc1ccc3cccc4ccc2c1c34. The van der Waals surface area contributed by atoms with Gasteiger partial charge in [-0.3, -0.25) is 0 Å². The van der Waals surface area contributed by atoms with Crippen molar-refractivity contribution in [3.8, 4) is 0 Å². The molecule has 0 aliphatic rings. The van der Waals surface area contributed by atoms with E-state index in [1.807, 2.05) is 0 Å². The lowest BCUT2D eigenvalue weighted by Crippen LogP contribution is -1.85. The van der Waals surface area contributed by atoms with Gasteiger partial charge in [-0.05, 0) is 49.2 Å². The van der Waals surface area contributed by atoms with Crippen LogP contribution in [0.25, 0.3) is 43.1 Å². The van der Waals surface area contributed by atoms with Crippen molar-refractivity contribution in [2.75, 3.05) is 0 Å². The minimum atomic E-state index is 0. The van der Waals surface area contributed by atoms with Crippen LogP contribution in [0.3, 0.4) is 0 Å². The number of fused-ring (bicyclic) bond motifs is 2. The van der Waals surface area contributed by atoms with E-state index >= 15 is 0 Å². The van der Waals surface area contributed by atoms with E-state index in [0.717, 1.165) is 0 Å². The van der Waals surface area contributed by atoms with E-state index in [0.29, 0.717) is 0 Å². The predicted molar refractivity (Wildman–Crippen MR) is 94.4 cm³/mol. The molecule has 5 aromatic carbocycles. The van der Waals surface area contributed by atoms with E-state index in [1.165, 1.54) is 43.1 Å². The molecule has 21 heavy (non-hydrogen) atoms. The molecule has 0 bridgehead atoms. The molecule has 0 aliphatic heterocycles. The first-order valence-electron chi connectivity index (χ1n) is 6.97. The van der Waals surface area contributed by atoms with E-state index in [9.17, 15) is 0 Å². The fourth-order valence-corrected chi connectivity index (χ4v) is 3.49. The summed E-state index contributed by atoms with van der Waals surface area (Å²) in [7, 11) is 0. The molecule has 0 aromatic heterocycles. The van der Waals surface area contributed by atoms with Crippen molar-refractivity contribution in [1.82, 2.24) is 0 Å². The Morgan fingerprint density at radius 1 is 0.429 bits per heavy atom. The van der Waals surface area contributed by atoms with Crippen LogP contribution in [0.2, 0.25) is 0 Å². The summed E-state index contributed by atoms with van der Waals surface area (Å²) in [5.74, 6) is 0. The predicted octanol–water partition coefficient (Wildman–Crippen LogP) is 6.37.